The summed E-state index contributed by atoms with van der Waals surface area (Å²) in [4.78, 5) is 12.6. The fraction of sp³-hybridized carbons (Fsp3) is 0.316. The average molecular weight is 376 g/mol. The first-order chi connectivity index (χ1) is 12.4. The summed E-state index contributed by atoms with van der Waals surface area (Å²) in [6, 6.07) is 14.7. The van der Waals surface area contributed by atoms with Crippen LogP contribution < -0.4 is 10.0 Å². The zero-order valence-corrected chi connectivity index (χ0v) is 15.5. The number of rotatable bonds is 9. The maximum Gasteiger partial charge on any atom is 0.241 e. The first kappa shape index (κ1) is 20.1. The van der Waals surface area contributed by atoms with Gasteiger partial charge in [0.15, 0.2) is 0 Å². The van der Waals surface area contributed by atoms with Crippen molar-refractivity contribution < 1.29 is 18.3 Å². The molecule has 6 nitrogen and oxygen atoms in total. The van der Waals surface area contributed by atoms with Crippen molar-refractivity contribution in [1.82, 2.24) is 10.0 Å². The van der Waals surface area contributed by atoms with E-state index in [4.69, 9.17) is 5.11 Å². The van der Waals surface area contributed by atoms with Crippen molar-refractivity contribution in [3.63, 3.8) is 0 Å². The first-order valence-electron chi connectivity index (χ1n) is 8.44. The van der Waals surface area contributed by atoms with Crippen molar-refractivity contribution in [2.75, 3.05) is 13.2 Å². The molecule has 0 aromatic heterocycles. The summed E-state index contributed by atoms with van der Waals surface area (Å²) in [6.07, 6.45) is 0.644. The molecule has 0 saturated heterocycles. The van der Waals surface area contributed by atoms with Crippen molar-refractivity contribution in [3.8, 4) is 0 Å². The summed E-state index contributed by atoms with van der Waals surface area (Å²) in [5.74, 6) is -0.419. The minimum atomic E-state index is -3.83. The topological polar surface area (TPSA) is 95.5 Å². The number of carbonyl (C=O) groups is 1. The Hall–Kier alpha value is -2.22. The van der Waals surface area contributed by atoms with Crippen LogP contribution in [0.25, 0.3) is 0 Å². The Kier molecular flexibility index (Phi) is 7.32. The molecular formula is C19H24N2O4S. The summed E-state index contributed by atoms with van der Waals surface area (Å²) < 4.78 is 27.8. The number of carbonyl (C=O) groups excluding carboxylic acids is 1. The van der Waals surface area contributed by atoms with E-state index in [1.165, 1.54) is 12.1 Å². The Bertz CT molecular complexity index is 805. The number of nitrogens with one attached hydrogen (secondary N) is 2. The number of aliphatic hydroxyl groups is 1. The fourth-order valence-corrected chi connectivity index (χ4v) is 3.62. The van der Waals surface area contributed by atoms with E-state index in [9.17, 15) is 13.2 Å². The van der Waals surface area contributed by atoms with Crippen molar-refractivity contribution in [1.29, 1.82) is 0 Å². The van der Waals surface area contributed by atoms with Crippen LogP contribution in [-0.4, -0.2) is 38.6 Å². The van der Waals surface area contributed by atoms with Crippen LogP contribution in [0.5, 0.6) is 0 Å². The van der Waals surface area contributed by atoms with Gasteiger partial charge in [0.1, 0.15) is 6.04 Å². The molecule has 3 N–H and O–H groups in total. The minimum absolute atomic E-state index is 0.0429. The molecule has 140 valence electrons. The molecule has 0 bridgehead atoms. The largest absolute Gasteiger partial charge is 0.396 e. The molecule has 26 heavy (non-hydrogen) atoms. The zero-order chi connectivity index (χ0) is 19.0. The van der Waals surface area contributed by atoms with Gasteiger partial charge in [-0.25, -0.2) is 8.42 Å². The summed E-state index contributed by atoms with van der Waals surface area (Å²) >= 11 is 0. The number of aliphatic hydroxyl groups excluding tert-OH is 1. The van der Waals surface area contributed by atoms with E-state index in [0.717, 1.165) is 11.1 Å². The normalized spacial score (nSPS) is 12.5. The second-order valence-corrected chi connectivity index (χ2v) is 7.76. The van der Waals surface area contributed by atoms with E-state index in [1.54, 1.807) is 12.1 Å². The second kappa shape index (κ2) is 9.47. The molecule has 0 fully saturated rings. The molecule has 0 radical (unpaired) electrons. The number of amides is 1. The van der Waals surface area contributed by atoms with Gasteiger partial charge in [0.2, 0.25) is 15.9 Å². The van der Waals surface area contributed by atoms with Crippen LogP contribution in [0.4, 0.5) is 0 Å². The molecule has 1 amide bonds. The lowest BCUT2D eigenvalue weighted by Crippen LogP contribution is -2.48. The maximum absolute atomic E-state index is 12.6. The number of hydrogen-bond donors (Lipinski definition) is 3. The standard InChI is InChI=1S/C19H24N2O4S/c1-15-8-10-17(11-9-15)26(24,25)21-18(19(23)20-12-5-13-22)14-16-6-3-2-4-7-16/h2-4,6-11,18,21-22H,5,12-14H2,1H3,(H,20,23)/t18-/m1/s1. The predicted octanol–water partition coefficient (Wildman–Crippen LogP) is 1.38. The molecule has 2 aromatic carbocycles. The lowest BCUT2D eigenvalue weighted by Gasteiger charge is -2.19. The third kappa shape index (κ3) is 5.94. The Labute approximate surface area is 154 Å². The van der Waals surface area contributed by atoms with Crippen molar-refractivity contribution in [3.05, 3.63) is 65.7 Å². The number of sulfonamides is 1. The first-order valence-corrected chi connectivity index (χ1v) is 9.92. The maximum atomic E-state index is 12.6. The van der Waals surface area contributed by atoms with Gasteiger partial charge in [-0.2, -0.15) is 4.72 Å². The van der Waals surface area contributed by atoms with Crippen molar-refractivity contribution in [2.24, 2.45) is 0 Å². The van der Waals surface area contributed by atoms with Crippen LogP contribution in [0, 0.1) is 6.92 Å². The van der Waals surface area contributed by atoms with Crippen LogP contribution in [0.1, 0.15) is 17.5 Å². The molecule has 0 saturated carbocycles. The van der Waals surface area contributed by atoms with Gasteiger partial charge in [-0.15, -0.1) is 0 Å². The van der Waals surface area contributed by atoms with E-state index in [-0.39, 0.29) is 24.5 Å². The van der Waals surface area contributed by atoms with Gasteiger partial charge in [0.25, 0.3) is 0 Å². The van der Waals surface area contributed by atoms with E-state index in [0.29, 0.717) is 6.42 Å². The molecule has 2 rings (SSSR count). The number of aryl methyl sites for hydroxylation is 1. The van der Waals surface area contributed by atoms with E-state index >= 15 is 0 Å². The van der Waals surface area contributed by atoms with Crippen molar-refractivity contribution in [2.45, 2.75) is 30.7 Å². The third-order valence-electron chi connectivity index (χ3n) is 3.86. The van der Waals surface area contributed by atoms with Crippen LogP contribution in [-0.2, 0) is 21.2 Å². The van der Waals surface area contributed by atoms with Crippen LogP contribution in [0.3, 0.4) is 0 Å². The monoisotopic (exact) mass is 376 g/mol. The Morgan fingerprint density at radius 1 is 1.08 bits per heavy atom. The average Bonchev–Trinajstić information content (AvgIpc) is 2.62. The molecule has 0 aliphatic carbocycles. The molecule has 0 heterocycles. The molecular weight excluding hydrogens is 352 g/mol. The second-order valence-electron chi connectivity index (χ2n) is 6.04. The molecule has 1 atom stereocenters. The van der Waals surface area contributed by atoms with E-state index in [1.807, 2.05) is 37.3 Å². The van der Waals surface area contributed by atoms with E-state index in [2.05, 4.69) is 10.0 Å². The quantitative estimate of drug-likeness (QED) is 0.576. The predicted molar refractivity (Wildman–Crippen MR) is 100 cm³/mol. The fourth-order valence-electron chi connectivity index (χ4n) is 2.42. The SMILES string of the molecule is Cc1ccc(S(=O)(=O)N[C@H](Cc2ccccc2)C(=O)NCCCO)cc1. The molecule has 2 aromatic rings. The highest BCUT2D eigenvalue weighted by Gasteiger charge is 2.25. The summed E-state index contributed by atoms with van der Waals surface area (Å²) in [5, 5.41) is 11.5. The molecule has 0 aliphatic rings. The van der Waals surface area contributed by atoms with Gasteiger partial charge in [-0.1, -0.05) is 48.0 Å². The number of benzene rings is 2. The van der Waals surface area contributed by atoms with Gasteiger partial charge in [0.05, 0.1) is 4.90 Å². The highest BCUT2D eigenvalue weighted by molar-refractivity contribution is 7.89. The van der Waals surface area contributed by atoms with Gasteiger partial charge in [-0.3, -0.25) is 4.79 Å². The lowest BCUT2D eigenvalue weighted by atomic mass is 10.1. The van der Waals surface area contributed by atoms with Crippen LogP contribution in [0.2, 0.25) is 0 Å². The van der Waals surface area contributed by atoms with E-state index < -0.39 is 22.0 Å². The van der Waals surface area contributed by atoms with Gasteiger partial charge < -0.3 is 10.4 Å². The lowest BCUT2D eigenvalue weighted by molar-refractivity contribution is -0.122. The van der Waals surface area contributed by atoms with Crippen LogP contribution in [0.15, 0.2) is 59.5 Å². The minimum Gasteiger partial charge on any atom is -0.396 e. The molecule has 0 aliphatic heterocycles. The summed E-state index contributed by atoms with van der Waals surface area (Å²) in [7, 11) is -3.83. The Balaban J connectivity index is 2.19. The summed E-state index contributed by atoms with van der Waals surface area (Å²) in [6.45, 7) is 2.11. The smallest absolute Gasteiger partial charge is 0.241 e. The highest BCUT2D eigenvalue weighted by atomic mass is 32.2. The molecule has 7 heteroatoms. The third-order valence-corrected chi connectivity index (χ3v) is 5.35. The Morgan fingerprint density at radius 2 is 1.73 bits per heavy atom. The zero-order valence-electron chi connectivity index (χ0n) is 14.7. The Morgan fingerprint density at radius 3 is 2.35 bits per heavy atom. The van der Waals surface area contributed by atoms with Gasteiger partial charge >= 0.3 is 0 Å². The summed E-state index contributed by atoms with van der Waals surface area (Å²) in [5.41, 5.74) is 1.80. The van der Waals surface area contributed by atoms with Gasteiger partial charge in [-0.05, 0) is 37.5 Å². The molecule has 0 unspecified atom stereocenters. The van der Waals surface area contributed by atoms with Gasteiger partial charge in [0, 0.05) is 13.2 Å². The highest BCUT2D eigenvalue weighted by Crippen LogP contribution is 2.12. The van der Waals surface area contributed by atoms with Crippen LogP contribution >= 0.6 is 0 Å². The molecule has 0 spiro atoms. The van der Waals surface area contributed by atoms with Crippen molar-refractivity contribution >= 4 is 15.9 Å². The number of hydrogen-bond acceptors (Lipinski definition) is 4.